The van der Waals surface area contributed by atoms with Gasteiger partial charge in [-0.2, -0.15) is 0 Å². The fraction of sp³-hybridized carbons (Fsp3) is 1.00. The Morgan fingerprint density at radius 3 is 1.73 bits per heavy atom. The van der Waals surface area contributed by atoms with E-state index in [2.05, 4.69) is 4.52 Å². The Balaban J connectivity index is 0. The van der Waals surface area contributed by atoms with Gasteiger partial charge in [0, 0.05) is 0 Å². The predicted molar refractivity (Wildman–Crippen MR) is 63.5 cm³/mol. The van der Waals surface area contributed by atoms with Crippen LogP contribution in [-0.4, -0.2) is 18.3 Å². The molecule has 11 heteroatoms. The molecule has 0 fully saturated rings. The zero-order chi connectivity index (χ0) is 12.8. The van der Waals surface area contributed by atoms with Gasteiger partial charge in [0.1, 0.15) is 0 Å². The Hall–Kier alpha value is 2.38. The fourth-order valence-corrected chi connectivity index (χ4v) is 0.673. The third-order valence-corrected chi connectivity index (χ3v) is 1.25. The van der Waals surface area contributed by atoms with Crippen molar-refractivity contribution in [1.82, 2.24) is 0 Å². The number of unbranched alkanes of at least 4 members (excludes halogenated alkanes) is 1. The minimum absolute atomic E-state index is 0.0147. The average Bonchev–Trinajstić information content (AvgIpc) is 1.78. The standard InChI is InChI=1S/C4H11O4P.5ClH.Sb/c1-2-3-4-8-9(5,6)7;;;;;;/h2-4H2,1H3,(H2,5,6,7);5*1H;/q;;;;;;+5/p-7. The Kier molecular flexibility index (Phi) is 10.2. The van der Waals surface area contributed by atoms with Crippen LogP contribution in [0.1, 0.15) is 19.8 Å². The van der Waals surface area contributed by atoms with E-state index in [4.69, 9.17) is 44.1 Å². The molecule has 0 saturated heterocycles. The van der Waals surface area contributed by atoms with Crippen molar-refractivity contribution in [3.63, 3.8) is 0 Å². The van der Waals surface area contributed by atoms with Crippen molar-refractivity contribution in [1.29, 1.82) is 0 Å². The topological polar surface area (TPSA) is 72.4 Å². The van der Waals surface area contributed by atoms with Gasteiger partial charge >= 0.3 is 55.8 Å². The molecule has 0 radical (unpaired) electrons. The zero-order valence-electron chi connectivity index (χ0n) is 7.54. The SMILES string of the molecule is CCCCOP(=O)([O-])[O-].[Cl][Sb]([Cl])([Cl])([Cl])[Cl]. The molecule has 4 nitrogen and oxygen atoms in total. The summed E-state index contributed by atoms with van der Waals surface area (Å²) in [7, 11) is 20.5. The Morgan fingerprint density at radius 2 is 1.53 bits per heavy atom. The molecule has 0 aliphatic rings. The van der Waals surface area contributed by atoms with Crippen LogP contribution in [0.4, 0.5) is 0 Å². The van der Waals surface area contributed by atoms with Crippen molar-refractivity contribution in [2.24, 2.45) is 0 Å². The molecule has 0 amide bonds. The van der Waals surface area contributed by atoms with Crippen LogP contribution in [-0.2, 0) is 9.09 Å². The van der Waals surface area contributed by atoms with Gasteiger partial charge in [-0.1, -0.05) is 13.3 Å². The van der Waals surface area contributed by atoms with E-state index in [1.807, 2.05) is 6.92 Å². The Bertz CT molecular complexity index is 206. The van der Waals surface area contributed by atoms with Gasteiger partial charge in [-0.15, -0.1) is 0 Å². The molecule has 0 atom stereocenters. The van der Waals surface area contributed by atoms with E-state index >= 15 is 0 Å². The van der Waals surface area contributed by atoms with Crippen molar-refractivity contribution in [3.05, 3.63) is 0 Å². The number of phosphoric acid groups is 1. The van der Waals surface area contributed by atoms with Crippen molar-refractivity contribution >= 4 is 63.7 Å². The molecule has 0 rings (SSSR count). The van der Waals surface area contributed by atoms with Gasteiger partial charge in [-0.3, -0.25) is 0 Å². The molecule has 0 heterocycles. The van der Waals surface area contributed by atoms with Gasteiger partial charge in [-0.05, 0) is 6.42 Å². The second kappa shape index (κ2) is 7.73. The van der Waals surface area contributed by atoms with E-state index in [1.54, 1.807) is 0 Å². The summed E-state index contributed by atoms with van der Waals surface area (Å²) in [6, 6.07) is 0. The molecule has 15 heavy (non-hydrogen) atoms. The Morgan fingerprint density at radius 1 is 1.20 bits per heavy atom. The van der Waals surface area contributed by atoms with Crippen LogP contribution in [0.15, 0.2) is 0 Å². The first-order valence-electron chi connectivity index (χ1n) is 3.57. The number of halogens is 5. The van der Waals surface area contributed by atoms with Gasteiger partial charge < -0.3 is 18.9 Å². The molecule has 0 aromatic heterocycles. The van der Waals surface area contributed by atoms with E-state index in [0.29, 0.717) is 6.42 Å². The molecule has 0 N–H and O–H groups in total. The van der Waals surface area contributed by atoms with E-state index in [0.717, 1.165) is 6.42 Å². The summed E-state index contributed by atoms with van der Waals surface area (Å²) in [6.07, 6.45) is 1.43. The van der Waals surface area contributed by atoms with Crippen LogP contribution in [0, 0.1) is 0 Å². The molecule has 0 spiro atoms. The van der Waals surface area contributed by atoms with Gasteiger partial charge in [0.05, 0.1) is 14.4 Å². The van der Waals surface area contributed by atoms with Gasteiger partial charge in [0.25, 0.3) is 0 Å². The van der Waals surface area contributed by atoms with Gasteiger partial charge in [0.2, 0.25) is 0 Å². The van der Waals surface area contributed by atoms with Crippen LogP contribution < -0.4 is 9.79 Å². The molecular weight excluding hydrogens is 442 g/mol. The summed E-state index contributed by atoms with van der Waals surface area (Å²) in [6.45, 7) is 1.89. The molecule has 0 saturated carbocycles. The average molecular weight is 451 g/mol. The molecule has 0 unspecified atom stereocenters. The molecule has 0 aliphatic heterocycles. The van der Waals surface area contributed by atoms with Crippen molar-refractivity contribution < 1.29 is 18.9 Å². The van der Waals surface area contributed by atoms with Crippen LogP contribution in [0.25, 0.3) is 0 Å². The summed E-state index contributed by atoms with van der Waals surface area (Å²) >= 11 is -4.33. The van der Waals surface area contributed by atoms with E-state index in [-0.39, 0.29) is 6.61 Å². The summed E-state index contributed by atoms with van der Waals surface area (Å²) in [5.41, 5.74) is 0. The molecule has 0 bridgehead atoms. The van der Waals surface area contributed by atoms with Crippen molar-refractivity contribution in [2.75, 3.05) is 6.61 Å². The maximum atomic E-state index is 9.76. The van der Waals surface area contributed by atoms with Gasteiger partial charge in [-0.25, -0.2) is 0 Å². The summed E-state index contributed by atoms with van der Waals surface area (Å²) < 4.78 is 13.7. The molecule has 96 valence electrons. The third-order valence-electron chi connectivity index (χ3n) is 0.747. The van der Waals surface area contributed by atoms with Gasteiger partial charge in [0.15, 0.2) is 0 Å². The quantitative estimate of drug-likeness (QED) is 0.375. The molecule has 0 aromatic carbocycles. The summed E-state index contributed by atoms with van der Waals surface area (Å²) in [5, 5.41) is 0. The van der Waals surface area contributed by atoms with Crippen LogP contribution in [0.5, 0.6) is 0 Å². The molecular formula is C4H9Cl5O4PSb-2. The number of rotatable bonds is 4. The second-order valence-electron chi connectivity index (χ2n) is 2.27. The monoisotopic (exact) mass is 448 g/mol. The first kappa shape index (κ1) is 19.7. The van der Waals surface area contributed by atoms with E-state index in [9.17, 15) is 14.4 Å². The summed E-state index contributed by atoms with van der Waals surface area (Å²) in [4.78, 5) is 19.5. The first-order chi connectivity index (χ1) is 6.30. The zero-order valence-corrected chi connectivity index (χ0v) is 14.8. The summed E-state index contributed by atoms with van der Waals surface area (Å²) in [5.74, 6) is 0. The van der Waals surface area contributed by atoms with E-state index < -0.39 is 19.5 Å². The molecule has 0 aliphatic carbocycles. The fourth-order valence-electron chi connectivity index (χ4n) is 0.321. The van der Waals surface area contributed by atoms with E-state index in [1.165, 1.54) is 0 Å². The van der Waals surface area contributed by atoms with Crippen molar-refractivity contribution in [3.8, 4) is 0 Å². The third kappa shape index (κ3) is 48.2. The normalized spacial score (nSPS) is 14.8. The number of phosphoric ester groups is 1. The predicted octanol–water partition coefficient (Wildman–Crippen LogP) is 2.70. The minimum atomic E-state index is -4.70. The van der Waals surface area contributed by atoms with Crippen molar-refractivity contribution in [2.45, 2.75) is 19.8 Å². The second-order valence-corrected chi connectivity index (χ2v) is 41.4. The Labute approximate surface area is 108 Å². The maximum absolute atomic E-state index is 9.76. The first-order valence-corrected chi connectivity index (χ1v) is 21.2. The number of hydrogen-bond acceptors (Lipinski definition) is 4. The van der Waals surface area contributed by atoms with Crippen LogP contribution in [0.3, 0.4) is 0 Å². The number of hydrogen-bond donors (Lipinski definition) is 0. The van der Waals surface area contributed by atoms with Crippen LogP contribution >= 0.6 is 52.0 Å². The van der Waals surface area contributed by atoms with Crippen LogP contribution in [0.2, 0.25) is 0 Å². The molecule has 0 aromatic rings.